The Labute approximate surface area is 228 Å². The number of hydrogen-bond acceptors (Lipinski definition) is 5. The van der Waals surface area contributed by atoms with Gasteiger partial charge in [-0.15, -0.1) is 10.2 Å². The summed E-state index contributed by atoms with van der Waals surface area (Å²) in [6.07, 6.45) is 0.969. The van der Waals surface area contributed by atoms with Crippen molar-refractivity contribution in [2.45, 2.75) is 20.3 Å². The van der Waals surface area contributed by atoms with Gasteiger partial charge < -0.3 is 9.73 Å². The minimum absolute atomic E-state index is 0.0828. The number of fused-ring (bicyclic) bond motifs is 1. The predicted molar refractivity (Wildman–Crippen MR) is 151 cm³/mol. The number of carbonyl (C=O) groups is 1. The van der Waals surface area contributed by atoms with Crippen molar-refractivity contribution < 1.29 is 9.21 Å². The number of halogens is 2. The van der Waals surface area contributed by atoms with E-state index in [0.29, 0.717) is 32.6 Å². The van der Waals surface area contributed by atoms with E-state index in [2.05, 4.69) is 39.9 Å². The lowest BCUT2D eigenvalue weighted by molar-refractivity contribution is 0.0951. The molecule has 0 radical (unpaired) electrons. The second-order valence-corrected chi connectivity index (χ2v) is 9.53. The van der Waals surface area contributed by atoms with Gasteiger partial charge in [-0.2, -0.15) is 4.80 Å². The number of nitrogens with one attached hydrogen (secondary N) is 2. The monoisotopic (exact) mass is 549 g/mol. The zero-order valence-electron chi connectivity index (χ0n) is 19.9. The predicted octanol–water partition coefficient (Wildman–Crippen LogP) is 6.98. The van der Waals surface area contributed by atoms with Gasteiger partial charge in [-0.1, -0.05) is 48.3 Å². The Morgan fingerprint density at radius 1 is 1.03 bits per heavy atom. The molecule has 0 unspecified atom stereocenters. The van der Waals surface area contributed by atoms with Crippen LogP contribution < -0.4 is 10.6 Å². The maximum atomic E-state index is 12.7. The minimum atomic E-state index is -0.498. The topological polar surface area (TPSA) is 85.0 Å². The highest BCUT2D eigenvalue weighted by Crippen LogP contribution is 2.34. The number of furan rings is 1. The Kier molecular flexibility index (Phi) is 6.97. The van der Waals surface area contributed by atoms with Crippen molar-refractivity contribution in [1.29, 1.82) is 0 Å². The van der Waals surface area contributed by atoms with Crippen LogP contribution in [0, 0.1) is 6.92 Å². The van der Waals surface area contributed by atoms with E-state index in [1.807, 2.05) is 31.2 Å². The maximum absolute atomic E-state index is 12.7. The van der Waals surface area contributed by atoms with Gasteiger partial charge in [0.2, 0.25) is 0 Å². The van der Waals surface area contributed by atoms with E-state index in [1.165, 1.54) is 5.56 Å². The Morgan fingerprint density at radius 3 is 2.49 bits per heavy atom. The molecule has 0 saturated carbocycles. The third kappa shape index (κ3) is 5.22. The summed E-state index contributed by atoms with van der Waals surface area (Å²) < 4.78 is 5.70. The first-order valence-corrected chi connectivity index (χ1v) is 12.6. The summed E-state index contributed by atoms with van der Waals surface area (Å²) in [4.78, 5) is 14.3. The maximum Gasteiger partial charge on any atom is 0.293 e. The molecule has 2 N–H and O–H groups in total. The van der Waals surface area contributed by atoms with Crippen LogP contribution in [0.25, 0.3) is 28.0 Å². The lowest BCUT2D eigenvalue weighted by Gasteiger charge is -2.11. The van der Waals surface area contributed by atoms with Gasteiger partial charge in [0.05, 0.1) is 15.7 Å². The van der Waals surface area contributed by atoms with Gasteiger partial charge in [0, 0.05) is 11.3 Å². The smallest absolute Gasteiger partial charge is 0.293 e. The molecule has 2 heterocycles. The lowest BCUT2D eigenvalue weighted by atomic mass is 10.2. The van der Waals surface area contributed by atoms with Crippen LogP contribution in [0.3, 0.4) is 0 Å². The summed E-state index contributed by atoms with van der Waals surface area (Å²) in [7, 11) is 0. The quantitative estimate of drug-likeness (QED) is 0.230. The SMILES string of the molecule is CCc1ccc(-n2nc3cc(C)c(NC(=S)NC(=O)c4ccc(-c5cccc(Cl)c5Cl)o4)cc3n2)cc1. The Hall–Kier alpha value is -3.72. The molecule has 10 heteroatoms. The number of amides is 1. The molecule has 186 valence electrons. The molecule has 0 bridgehead atoms. The molecule has 1 amide bonds. The van der Waals surface area contributed by atoms with Crippen LogP contribution in [0.1, 0.15) is 28.6 Å². The van der Waals surface area contributed by atoms with Gasteiger partial charge in [0.1, 0.15) is 16.8 Å². The number of rotatable bonds is 5. The summed E-state index contributed by atoms with van der Waals surface area (Å²) in [5.41, 5.74) is 5.76. The molecule has 3 aromatic carbocycles. The highest BCUT2D eigenvalue weighted by Gasteiger charge is 2.17. The fourth-order valence-electron chi connectivity index (χ4n) is 3.80. The molecule has 7 nitrogen and oxygen atoms in total. The molecular formula is C27H21Cl2N5O2S. The fourth-order valence-corrected chi connectivity index (χ4v) is 4.40. The van der Waals surface area contributed by atoms with E-state index >= 15 is 0 Å². The zero-order chi connectivity index (χ0) is 26.1. The van der Waals surface area contributed by atoms with Crippen LogP contribution in [0.2, 0.25) is 10.0 Å². The second-order valence-electron chi connectivity index (χ2n) is 8.34. The van der Waals surface area contributed by atoms with Crippen molar-refractivity contribution in [2.75, 3.05) is 5.32 Å². The molecule has 0 aliphatic heterocycles. The van der Waals surface area contributed by atoms with Crippen LogP contribution in [0.5, 0.6) is 0 Å². The summed E-state index contributed by atoms with van der Waals surface area (Å²) in [6.45, 7) is 4.04. The van der Waals surface area contributed by atoms with E-state index in [1.54, 1.807) is 35.1 Å². The van der Waals surface area contributed by atoms with Gasteiger partial charge in [0.15, 0.2) is 10.9 Å². The van der Waals surface area contributed by atoms with E-state index in [0.717, 1.165) is 23.2 Å². The van der Waals surface area contributed by atoms with Crippen molar-refractivity contribution in [1.82, 2.24) is 20.3 Å². The Morgan fingerprint density at radius 2 is 1.76 bits per heavy atom. The molecule has 2 aromatic heterocycles. The van der Waals surface area contributed by atoms with Crippen molar-refractivity contribution in [3.63, 3.8) is 0 Å². The van der Waals surface area contributed by atoms with Gasteiger partial charge >= 0.3 is 0 Å². The van der Waals surface area contributed by atoms with E-state index in [9.17, 15) is 4.79 Å². The van der Waals surface area contributed by atoms with Crippen LogP contribution >= 0.6 is 35.4 Å². The van der Waals surface area contributed by atoms with E-state index in [4.69, 9.17) is 39.8 Å². The Balaban J connectivity index is 1.30. The highest BCUT2D eigenvalue weighted by molar-refractivity contribution is 7.80. The van der Waals surface area contributed by atoms with Crippen molar-refractivity contribution >= 4 is 63.2 Å². The van der Waals surface area contributed by atoms with Gasteiger partial charge in [-0.05, 0) is 85.2 Å². The number of thiocarbonyl (C=S) groups is 1. The van der Waals surface area contributed by atoms with Crippen LogP contribution in [0.15, 0.2) is 71.1 Å². The largest absolute Gasteiger partial charge is 0.451 e. The van der Waals surface area contributed by atoms with Gasteiger partial charge in [-0.3, -0.25) is 10.1 Å². The zero-order valence-corrected chi connectivity index (χ0v) is 22.2. The average molecular weight is 550 g/mol. The number of anilines is 1. The average Bonchev–Trinajstić information content (AvgIpc) is 3.53. The normalized spacial score (nSPS) is 11.0. The van der Waals surface area contributed by atoms with Gasteiger partial charge in [-0.25, -0.2) is 0 Å². The molecular weight excluding hydrogens is 529 g/mol. The molecule has 0 aliphatic carbocycles. The number of hydrogen-bond donors (Lipinski definition) is 2. The lowest BCUT2D eigenvalue weighted by Crippen LogP contribution is -2.34. The third-order valence-corrected chi connectivity index (χ3v) is 6.85. The fraction of sp³-hybridized carbons (Fsp3) is 0.111. The number of nitrogens with zero attached hydrogens (tertiary/aromatic N) is 3. The van der Waals surface area contributed by atoms with E-state index in [-0.39, 0.29) is 10.9 Å². The van der Waals surface area contributed by atoms with Crippen molar-refractivity contribution in [2.24, 2.45) is 0 Å². The summed E-state index contributed by atoms with van der Waals surface area (Å²) >= 11 is 17.7. The number of carbonyl (C=O) groups excluding carboxylic acids is 1. The highest BCUT2D eigenvalue weighted by atomic mass is 35.5. The first-order chi connectivity index (χ1) is 17.8. The number of aryl methyl sites for hydroxylation is 2. The second kappa shape index (κ2) is 10.3. The van der Waals surface area contributed by atoms with E-state index < -0.39 is 5.91 Å². The molecule has 0 fully saturated rings. The third-order valence-electron chi connectivity index (χ3n) is 5.82. The summed E-state index contributed by atoms with van der Waals surface area (Å²) in [6, 6.07) is 20.3. The standard InChI is InChI=1S/C27H21Cl2N5O2S/c1-3-16-7-9-17(10-8-16)34-32-21-13-15(2)20(14-22(21)33-34)30-27(37)31-26(35)24-12-11-23(36-24)18-5-4-6-19(28)25(18)29/h4-14H,3H2,1-2H3,(H2,30,31,35,37). The Bertz CT molecular complexity index is 1640. The first-order valence-electron chi connectivity index (χ1n) is 11.5. The number of benzene rings is 3. The van der Waals surface area contributed by atoms with Crippen molar-refractivity contribution in [3.8, 4) is 17.0 Å². The molecule has 37 heavy (non-hydrogen) atoms. The molecule has 0 spiro atoms. The first kappa shape index (κ1) is 25.0. The molecule has 0 saturated heterocycles. The molecule has 5 aromatic rings. The molecule has 0 aliphatic rings. The number of aromatic nitrogens is 3. The van der Waals surface area contributed by atoms with Crippen molar-refractivity contribution in [3.05, 3.63) is 93.7 Å². The van der Waals surface area contributed by atoms with Crippen LogP contribution in [0.4, 0.5) is 5.69 Å². The molecule has 5 rings (SSSR count). The summed E-state index contributed by atoms with van der Waals surface area (Å²) in [5, 5.41) is 15.8. The minimum Gasteiger partial charge on any atom is -0.451 e. The van der Waals surface area contributed by atoms with Crippen LogP contribution in [-0.2, 0) is 6.42 Å². The summed E-state index contributed by atoms with van der Waals surface area (Å²) in [5.74, 6) is 0.00625. The molecule has 0 atom stereocenters. The van der Waals surface area contributed by atoms with Crippen LogP contribution in [-0.4, -0.2) is 26.0 Å². The van der Waals surface area contributed by atoms with Gasteiger partial charge in [0.25, 0.3) is 5.91 Å².